The number of carboxylic acid groups (broad SMARTS) is 4. The van der Waals surface area contributed by atoms with E-state index in [-0.39, 0.29) is 0 Å². The minimum absolute atomic E-state index is 0.648. The summed E-state index contributed by atoms with van der Waals surface area (Å²) in [5, 5.41) is 43.2. The van der Waals surface area contributed by atoms with Crippen molar-refractivity contribution in [2.24, 2.45) is 5.73 Å². The lowest BCUT2D eigenvalue weighted by atomic mass is 10.1. The zero-order valence-corrected chi connectivity index (χ0v) is 25.6. The number of phosphoric acid groups is 2. The van der Waals surface area contributed by atoms with Crippen LogP contribution < -0.4 is 27.0 Å². The van der Waals surface area contributed by atoms with E-state index in [9.17, 15) is 52.6 Å². The van der Waals surface area contributed by atoms with Crippen molar-refractivity contribution < 1.29 is 96.5 Å². The third-order valence-electron chi connectivity index (χ3n) is 5.36. The molecule has 0 saturated heterocycles. The Morgan fingerprint density at radius 1 is 0.553 bits per heavy atom. The molecule has 0 bridgehead atoms. The van der Waals surface area contributed by atoms with Crippen LogP contribution in [-0.4, -0.2) is 131 Å². The molecular formula is C20H33N5O20P2. The van der Waals surface area contributed by atoms with Crippen LogP contribution in [0.4, 0.5) is 0 Å². The number of carboxylic acids is 4. The monoisotopic (exact) mass is 725 g/mol. The molecule has 0 aromatic heterocycles. The number of aliphatic carboxylic acids is 4. The summed E-state index contributed by atoms with van der Waals surface area (Å²) in [6, 6.07) is -10.1. The van der Waals surface area contributed by atoms with E-state index in [1.165, 1.54) is 0 Å². The minimum atomic E-state index is -5.41. The normalized spacial score (nSPS) is 14.7. The highest BCUT2D eigenvalue weighted by molar-refractivity contribution is 7.46. The molecule has 0 aliphatic heterocycles. The molecule has 27 heteroatoms. The summed E-state index contributed by atoms with van der Waals surface area (Å²) in [6.45, 7) is -2.77. The van der Waals surface area contributed by atoms with E-state index in [0.29, 0.717) is 0 Å². The van der Waals surface area contributed by atoms with Crippen molar-refractivity contribution in [1.82, 2.24) is 21.3 Å². The van der Waals surface area contributed by atoms with Gasteiger partial charge in [-0.25, -0.2) is 13.9 Å². The lowest BCUT2D eigenvalue weighted by Gasteiger charge is -2.26. The number of rotatable bonds is 23. The van der Waals surface area contributed by atoms with Crippen LogP contribution in [0, 0.1) is 0 Å². The van der Waals surface area contributed by atoms with Gasteiger partial charge in [-0.2, -0.15) is 0 Å². The Bertz CT molecular complexity index is 1280. The highest BCUT2D eigenvalue weighted by atomic mass is 31.2. The Labute approximate surface area is 262 Å². The Morgan fingerprint density at radius 2 is 0.894 bits per heavy atom. The molecule has 47 heavy (non-hydrogen) atoms. The molecule has 0 rings (SSSR count). The third kappa shape index (κ3) is 19.9. The average molecular weight is 725 g/mol. The van der Waals surface area contributed by atoms with Crippen LogP contribution in [0.25, 0.3) is 0 Å². The predicted molar refractivity (Wildman–Crippen MR) is 145 cm³/mol. The van der Waals surface area contributed by atoms with Crippen molar-refractivity contribution in [2.45, 2.75) is 62.3 Å². The number of phosphoric ester groups is 2. The Morgan fingerprint density at radius 3 is 1.26 bits per heavy atom. The highest BCUT2D eigenvalue weighted by Crippen LogP contribution is 2.36. The quantitative estimate of drug-likeness (QED) is 0.0438. The summed E-state index contributed by atoms with van der Waals surface area (Å²) >= 11 is 0. The average Bonchev–Trinajstić information content (AvgIpc) is 2.90. The Balaban J connectivity index is 6.28. The summed E-state index contributed by atoms with van der Waals surface area (Å²) < 4.78 is 30.8. The number of hydrogen-bond donors (Lipinski definition) is 13. The van der Waals surface area contributed by atoms with E-state index in [0.717, 1.165) is 0 Å². The van der Waals surface area contributed by atoms with E-state index in [4.69, 9.17) is 40.6 Å². The van der Waals surface area contributed by atoms with Gasteiger partial charge in [-0.3, -0.25) is 42.6 Å². The minimum Gasteiger partial charge on any atom is -0.481 e. The second kappa shape index (κ2) is 19.6. The zero-order valence-electron chi connectivity index (χ0n) is 23.8. The van der Waals surface area contributed by atoms with Gasteiger partial charge in [0.05, 0.1) is 25.7 Å². The van der Waals surface area contributed by atoms with E-state index in [2.05, 4.69) is 9.05 Å². The molecule has 0 heterocycles. The van der Waals surface area contributed by atoms with Crippen LogP contribution >= 0.6 is 15.6 Å². The first-order valence-electron chi connectivity index (χ1n) is 12.7. The summed E-state index contributed by atoms with van der Waals surface area (Å²) in [5.41, 5.74) is 5.38. The lowest BCUT2D eigenvalue weighted by Crippen LogP contribution is -2.60. The second-order valence-electron chi connectivity index (χ2n) is 9.22. The fourth-order valence-electron chi connectivity index (χ4n) is 3.15. The number of amides is 4. The van der Waals surface area contributed by atoms with Crippen LogP contribution in [0.1, 0.15) is 32.1 Å². The van der Waals surface area contributed by atoms with E-state index in [1.807, 2.05) is 10.6 Å². The molecule has 0 saturated carbocycles. The van der Waals surface area contributed by atoms with Gasteiger partial charge in [0, 0.05) is 12.8 Å². The first-order valence-corrected chi connectivity index (χ1v) is 15.7. The van der Waals surface area contributed by atoms with Crippen LogP contribution in [0.3, 0.4) is 0 Å². The standard InChI is InChI=1S/C20H33N5O20P2/c21-8(5-15(30)31)16(32)24-11(6-44-46(38,39)40)19(35)25-12(7-45-47(41,42)43)18(34)22-9(1-3-13(26)27)17(33)23-10(20(36)37)2-4-14(28)29/h8-12H,1-7,21H2,(H,22,34)(H,23,33)(H,24,32)(H,25,35)(H,26,27)(H,28,29)(H,30,31)(H,36,37)(H2,38,39,40)(H2,41,42,43)/t8-,9-,10-,11-,12-/m0/s1. The fourth-order valence-corrected chi connectivity index (χ4v) is 3.83. The molecule has 0 aromatic rings. The van der Waals surface area contributed by atoms with Crippen molar-refractivity contribution in [3.8, 4) is 0 Å². The molecule has 0 unspecified atom stereocenters. The largest absolute Gasteiger partial charge is 0.481 e. The molecule has 0 aliphatic rings. The van der Waals surface area contributed by atoms with Gasteiger partial charge in [0.15, 0.2) is 0 Å². The number of nitrogens with two attached hydrogens (primary N) is 1. The van der Waals surface area contributed by atoms with Crippen LogP contribution in [0.5, 0.6) is 0 Å². The maximum absolute atomic E-state index is 13.1. The molecule has 5 atom stereocenters. The molecule has 0 aromatic carbocycles. The SMILES string of the molecule is N[C@@H](CC(=O)O)C(=O)N[C@@H](COP(=O)(O)O)C(=O)N[C@@H](COP(=O)(O)O)C(=O)N[C@@H](CCC(=O)O)C(=O)N[C@@H](CCC(=O)O)C(=O)O. The number of hydrogen-bond acceptors (Lipinski definition) is 13. The van der Waals surface area contributed by atoms with E-state index >= 15 is 0 Å². The first-order chi connectivity index (χ1) is 21.4. The molecule has 0 fully saturated rings. The zero-order chi connectivity index (χ0) is 36.7. The topological polar surface area (TPSA) is 425 Å². The lowest BCUT2D eigenvalue weighted by molar-refractivity contribution is -0.144. The Kier molecular flexibility index (Phi) is 17.9. The van der Waals surface area contributed by atoms with Crippen molar-refractivity contribution >= 4 is 63.2 Å². The van der Waals surface area contributed by atoms with Gasteiger partial charge in [0.25, 0.3) is 0 Å². The van der Waals surface area contributed by atoms with Gasteiger partial charge in [0.1, 0.15) is 24.2 Å². The third-order valence-corrected chi connectivity index (χ3v) is 6.33. The maximum atomic E-state index is 13.1. The molecule has 25 nitrogen and oxygen atoms in total. The van der Waals surface area contributed by atoms with Gasteiger partial charge in [0.2, 0.25) is 23.6 Å². The molecule has 0 radical (unpaired) electrons. The van der Waals surface area contributed by atoms with E-state index < -0.39 is 139 Å². The summed E-state index contributed by atoms with van der Waals surface area (Å²) in [6.07, 6.45) is -3.97. The highest BCUT2D eigenvalue weighted by Gasteiger charge is 2.34. The summed E-state index contributed by atoms with van der Waals surface area (Å²) in [7, 11) is -10.7. The first kappa shape index (κ1) is 42.9. The van der Waals surface area contributed by atoms with Gasteiger partial charge >= 0.3 is 39.5 Å². The number of carbonyl (C=O) groups excluding carboxylic acids is 4. The van der Waals surface area contributed by atoms with Crippen LogP contribution in [0.15, 0.2) is 0 Å². The van der Waals surface area contributed by atoms with Gasteiger partial charge in [-0.05, 0) is 12.8 Å². The number of nitrogens with one attached hydrogen (secondary N) is 4. The molecule has 0 aliphatic carbocycles. The Hall–Kier alpha value is -4.06. The van der Waals surface area contributed by atoms with Crippen LogP contribution in [0.2, 0.25) is 0 Å². The van der Waals surface area contributed by atoms with Crippen molar-refractivity contribution in [2.75, 3.05) is 13.2 Å². The van der Waals surface area contributed by atoms with Crippen molar-refractivity contribution in [3.63, 3.8) is 0 Å². The van der Waals surface area contributed by atoms with Crippen molar-refractivity contribution in [3.05, 3.63) is 0 Å². The number of carbonyl (C=O) groups is 8. The summed E-state index contributed by atoms with van der Waals surface area (Å²) in [4.78, 5) is 131. The van der Waals surface area contributed by atoms with Crippen LogP contribution in [-0.2, 0) is 56.5 Å². The fraction of sp³-hybridized carbons (Fsp3) is 0.600. The van der Waals surface area contributed by atoms with Gasteiger partial charge in [-0.15, -0.1) is 0 Å². The maximum Gasteiger partial charge on any atom is 0.469 e. The molecule has 268 valence electrons. The second-order valence-corrected chi connectivity index (χ2v) is 11.7. The summed E-state index contributed by atoms with van der Waals surface area (Å²) in [5.74, 6) is -12.1. The van der Waals surface area contributed by atoms with Gasteiger partial charge in [-0.1, -0.05) is 0 Å². The molecular weight excluding hydrogens is 692 g/mol. The van der Waals surface area contributed by atoms with E-state index in [1.54, 1.807) is 10.6 Å². The van der Waals surface area contributed by atoms with Gasteiger partial charge < -0.3 is 67.0 Å². The molecule has 4 amide bonds. The van der Waals surface area contributed by atoms with Crippen molar-refractivity contribution in [1.29, 1.82) is 0 Å². The molecule has 0 spiro atoms. The smallest absolute Gasteiger partial charge is 0.469 e. The molecule has 14 N–H and O–H groups in total. The predicted octanol–water partition coefficient (Wildman–Crippen LogP) is -5.24.